The Hall–Kier alpha value is -0.300. The predicted molar refractivity (Wildman–Crippen MR) is 70.8 cm³/mol. The van der Waals surface area contributed by atoms with Crippen molar-refractivity contribution in [2.45, 2.75) is 26.7 Å². The van der Waals surface area contributed by atoms with Crippen molar-refractivity contribution in [3.8, 4) is 0 Å². The Morgan fingerprint density at radius 1 is 1.47 bits per heavy atom. The van der Waals surface area contributed by atoms with Crippen LogP contribution in [0.4, 0.5) is 0 Å². The van der Waals surface area contributed by atoms with Crippen LogP contribution in [0.5, 0.6) is 0 Å². The number of amides is 1. The number of ether oxygens (including phenoxy) is 1. The average molecular weight is 264 g/mol. The number of hydrogen-bond donors (Lipinski definition) is 3. The quantitative estimate of drug-likeness (QED) is 0.309. The van der Waals surface area contributed by atoms with Crippen LogP contribution >= 0.6 is 12.6 Å². The van der Waals surface area contributed by atoms with Gasteiger partial charge < -0.3 is 10.1 Å². The first-order valence-electron chi connectivity index (χ1n) is 5.79. The van der Waals surface area contributed by atoms with Gasteiger partial charge in [-0.25, -0.2) is 5.90 Å². The topological polar surface area (TPSA) is 73.6 Å². The van der Waals surface area contributed by atoms with E-state index in [9.17, 15) is 4.79 Å². The Bertz CT molecular complexity index is 213. The second kappa shape index (κ2) is 9.70. The van der Waals surface area contributed by atoms with Crippen molar-refractivity contribution in [2.75, 3.05) is 32.1 Å². The van der Waals surface area contributed by atoms with Gasteiger partial charge in [-0.05, 0) is 24.0 Å². The van der Waals surface area contributed by atoms with Crippen molar-refractivity contribution in [3.05, 3.63) is 0 Å². The second-order valence-corrected chi connectivity index (χ2v) is 5.15. The van der Waals surface area contributed by atoms with Gasteiger partial charge in [0.2, 0.25) is 5.91 Å². The van der Waals surface area contributed by atoms with Crippen LogP contribution in [-0.2, 0) is 14.4 Å². The van der Waals surface area contributed by atoms with E-state index < -0.39 is 0 Å². The van der Waals surface area contributed by atoms with Crippen LogP contribution in [0, 0.1) is 5.41 Å². The fraction of sp³-hybridized carbons (Fsp3) is 0.909. The summed E-state index contributed by atoms with van der Waals surface area (Å²) in [6.45, 7) is 6.14. The molecule has 0 aromatic rings. The smallest absolute Gasteiger partial charge is 0.248 e. The summed E-state index contributed by atoms with van der Waals surface area (Å²) in [7, 11) is 0. The molecular formula is C11H24N2O3S. The van der Waals surface area contributed by atoms with E-state index in [0.29, 0.717) is 19.8 Å². The molecule has 3 N–H and O–H groups in total. The van der Waals surface area contributed by atoms with E-state index in [-0.39, 0.29) is 17.9 Å². The molecule has 0 heterocycles. The van der Waals surface area contributed by atoms with E-state index in [1.165, 1.54) is 0 Å². The largest absolute Gasteiger partial charge is 0.381 e. The van der Waals surface area contributed by atoms with E-state index in [1.807, 2.05) is 0 Å². The third-order valence-electron chi connectivity index (χ3n) is 2.28. The van der Waals surface area contributed by atoms with Crippen LogP contribution in [0.2, 0.25) is 0 Å². The van der Waals surface area contributed by atoms with Crippen LogP contribution in [0.25, 0.3) is 0 Å². The van der Waals surface area contributed by atoms with Crippen molar-refractivity contribution < 1.29 is 14.4 Å². The molecule has 0 saturated heterocycles. The molecule has 0 rings (SSSR count). The highest BCUT2D eigenvalue weighted by molar-refractivity contribution is 7.80. The number of nitrogens with two attached hydrogens (primary N) is 1. The maximum atomic E-state index is 11.0. The molecule has 0 aliphatic heterocycles. The van der Waals surface area contributed by atoms with E-state index in [4.69, 9.17) is 10.6 Å². The first-order valence-corrected chi connectivity index (χ1v) is 6.42. The number of hydrogen-bond acceptors (Lipinski definition) is 5. The zero-order valence-electron chi connectivity index (χ0n) is 10.7. The zero-order valence-corrected chi connectivity index (χ0v) is 11.6. The molecule has 102 valence electrons. The highest BCUT2D eigenvalue weighted by atomic mass is 32.1. The fourth-order valence-electron chi connectivity index (χ4n) is 1.25. The van der Waals surface area contributed by atoms with Crippen molar-refractivity contribution in [3.63, 3.8) is 0 Å². The summed E-state index contributed by atoms with van der Waals surface area (Å²) < 4.78 is 5.55. The number of rotatable bonds is 10. The first kappa shape index (κ1) is 16.7. The van der Waals surface area contributed by atoms with Gasteiger partial charge in [0.15, 0.2) is 0 Å². The second-order valence-electron chi connectivity index (χ2n) is 4.70. The Morgan fingerprint density at radius 2 is 2.18 bits per heavy atom. The third-order valence-corrected chi connectivity index (χ3v) is 2.51. The fourth-order valence-corrected chi connectivity index (χ4v) is 1.86. The summed E-state index contributed by atoms with van der Waals surface area (Å²) in [6, 6.07) is 0. The summed E-state index contributed by atoms with van der Waals surface area (Å²) in [5.74, 6) is 5.43. The van der Waals surface area contributed by atoms with Gasteiger partial charge in [0.1, 0.15) is 6.61 Å². The van der Waals surface area contributed by atoms with Gasteiger partial charge in [-0.3, -0.25) is 9.63 Å². The van der Waals surface area contributed by atoms with Crippen molar-refractivity contribution in [1.82, 2.24) is 5.32 Å². The van der Waals surface area contributed by atoms with Crippen molar-refractivity contribution >= 4 is 18.5 Å². The molecular weight excluding hydrogens is 240 g/mol. The van der Waals surface area contributed by atoms with E-state index in [2.05, 4.69) is 36.6 Å². The predicted octanol–water partition coefficient (Wildman–Crippen LogP) is 0.746. The van der Waals surface area contributed by atoms with E-state index in [1.54, 1.807) is 0 Å². The summed E-state index contributed by atoms with van der Waals surface area (Å²) in [5.41, 5.74) is 0.165. The minimum atomic E-state index is -0.206. The lowest BCUT2D eigenvalue weighted by Crippen LogP contribution is -2.30. The van der Waals surface area contributed by atoms with Gasteiger partial charge in [-0.1, -0.05) is 13.8 Å². The van der Waals surface area contributed by atoms with Gasteiger partial charge in [0.05, 0.1) is 6.61 Å². The van der Waals surface area contributed by atoms with Crippen LogP contribution in [0.1, 0.15) is 26.7 Å². The van der Waals surface area contributed by atoms with Crippen LogP contribution < -0.4 is 11.2 Å². The number of thiol groups is 1. The Morgan fingerprint density at radius 3 is 2.76 bits per heavy atom. The van der Waals surface area contributed by atoms with E-state index >= 15 is 0 Å². The molecule has 0 aliphatic rings. The molecule has 0 aromatic carbocycles. The summed E-state index contributed by atoms with van der Waals surface area (Å²) >= 11 is 4.21. The molecule has 6 heteroatoms. The average Bonchev–Trinajstić information content (AvgIpc) is 2.23. The van der Waals surface area contributed by atoms with Gasteiger partial charge in [0, 0.05) is 13.2 Å². The number of nitrogens with one attached hydrogen (secondary N) is 1. The maximum Gasteiger partial charge on any atom is 0.248 e. The molecule has 0 spiro atoms. The minimum absolute atomic E-state index is 0.101. The SMILES string of the molecule is CC(C)(CCS)COCCCNC(=O)CON. The molecule has 0 unspecified atom stereocenters. The molecule has 0 aliphatic carbocycles. The maximum absolute atomic E-state index is 11.0. The van der Waals surface area contributed by atoms with Gasteiger partial charge >= 0.3 is 0 Å². The molecule has 0 atom stereocenters. The summed E-state index contributed by atoms with van der Waals surface area (Å²) in [5, 5.41) is 2.67. The van der Waals surface area contributed by atoms with Crippen molar-refractivity contribution in [1.29, 1.82) is 0 Å². The Labute approximate surface area is 109 Å². The number of carbonyl (C=O) groups is 1. The van der Waals surface area contributed by atoms with Crippen LogP contribution in [0.15, 0.2) is 0 Å². The lowest BCUT2D eigenvalue weighted by atomic mass is 9.91. The molecule has 17 heavy (non-hydrogen) atoms. The first-order chi connectivity index (χ1) is 8.02. The normalized spacial score (nSPS) is 11.5. The molecule has 0 radical (unpaired) electrons. The molecule has 0 aromatic heterocycles. The third kappa shape index (κ3) is 10.6. The molecule has 5 nitrogen and oxygen atoms in total. The molecule has 0 bridgehead atoms. The van der Waals surface area contributed by atoms with E-state index in [0.717, 1.165) is 18.6 Å². The van der Waals surface area contributed by atoms with Crippen LogP contribution in [-0.4, -0.2) is 38.0 Å². The van der Waals surface area contributed by atoms with Crippen molar-refractivity contribution in [2.24, 2.45) is 11.3 Å². The summed E-state index contributed by atoms with van der Waals surface area (Å²) in [4.78, 5) is 15.2. The number of carbonyl (C=O) groups excluding carboxylic acids is 1. The molecule has 0 saturated carbocycles. The van der Waals surface area contributed by atoms with Gasteiger partial charge in [-0.15, -0.1) is 0 Å². The molecule has 1 amide bonds. The lowest BCUT2D eigenvalue weighted by Gasteiger charge is -2.23. The lowest BCUT2D eigenvalue weighted by molar-refractivity contribution is -0.125. The summed E-state index contributed by atoms with van der Waals surface area (Å²) in [6.07, 6.45) is 1.81. The Balaban J connectivity index is 3.37. The standard InChI is InChI=1S/C11H24N2O3S/c1-11(2,4-7-17)9-15-6-3-5-13-10(14)8-16-12/h17H,3-9,12H2,1-2H3,(H,13,14). The highest BCUT2D eigenvalue weighted by Gasteiger charge is 2.16. The molecule has 0 fully saturated rings. The Kier molecular flexibility index (Phi) is 9.53. The van der Waals surface area contributed by atoms with Gasteiger partial charge in [0.25, 0.3) is 0 Å². The highest BCUT2D eigenvalue weighted by Crippen LogP contribution is 2.20. The minimum Gasteiger partial charge on any atom is -0.381 e. The monoisotopic (exact) mass is 264 g/mol. The van der Waals surface area contributed by atoms with Gasteiger partial charge in [-0.2, -0.15) is 12.6 Å². The van der Waals surface area contributed by atoms with Crippen LogP contribution in [0.3, 0.4) is 0 Å². The zero-order chi connectivity index (χ0) is 13.1.